The molecule has 0 bridgehead atoms. The van der Waals surface area contributed by atoms with Crippen LogP contribution in [0.2, 0.25) is 0 Å². The first-order chi connectivity index (χ1) is 9.74. The first-order valence-corrected chi connectivity index (χ1v) is 8.25. The third-order valence-corrected chi connectivity index (χ3v) is 5.12. The fraction of sp³-hybridized carbons (Fsp3) is 0.667. The van der Waals surface area contributed by atoms with E-state index >= 15 is 0 Å². The Morgan fingerprint density at radius 1 is 1.20 bits per heavy atom. The average Bonchev–Trinajstić information content (AvgIpc) is 2.66. The second kappa shape index (κ2) is 6.17. The van der Waals surface area contributed by atoms with Gasteiger partial charge in [-0.1, -0.05) is 25.1 Å². The number of hydrogen-bond donors (Lipinski definition) is 1. The first-order valence-electron chi connectivity index (χ1n) is 8.25. The van der Waals surface area contributed by atoms with Gasteiger partial charge in [-0.2, -0.15) is 0 Å². The minimum absolute atomic E-state index is 0.0957. The summed E-state index contributed by atoms with van der Waals surface area (Å²) in [5.74, 6) is 1.22. The summed E-state index contributed by atoms with van der Waals surface area (Å²) in [6.45, 7) is 4.51. The van der Waals surface area contributed by atoms with Crippen LogP contribution in [0, 0.1) is 11.8 Å². The predicted octanol–water partition coefficient (Wildman–Crippen LogP) is 3.63. The molecule has 1 N–H and O–H groups in total. The number of anilines is 1. The van der Waals surface area contributed by atoms with Gasteiger partial charge in [-0.3, -0.25) is 0 Å². The van der Waals surface area contributed by atoms with Crippen molar-refractivity contribution in [2.75, 3.05) is 18.0 Å². The Bertz CT molecular complexity index is 445. The van der Waals surface area contributed by atoms with Crippen LogP contribution in [-0.2, 0) is 6.42 Å². The van der Waals surface area contributed by atoms with Crippen LogP contribution in [-0.4, -0.2) is 24.3 Å². The SMILES string of the molecule is CC1CCC(O)C(CN2CCCCc3ccccc32)C1. The maximum Gasteiger partial charge on any atom is 0.0585 e. The van der Waals surface area contributed by atoms with Crippen molar-refractivity contribution in [2.24, 2.45) is 11.8 Å². The summed E-state index contributed by atoms with van der Waals surface area (Å²) in [4.78, 5) is 2.54. The van der Waals surface area contributed by atoms with Gasteiger partial charge in [0.25, 0.3) is 0 Å². The zero-order chi connectivity index (χ0) is 13.9. The first kappa shape index (κ1) is 13.9. The number of aliphatic hydroxyl groups excluding tert-OH is 1. The lowest BCUT2D eigenvalue weighted by atomic mass is 9.80. The van der Waals surface area contributed by atoms with E-state index in [2.05, 4.69) is 36.1 Å². The van der Waals surface area contributed by atoms with Crippen molar-refractivity contribution in [3.05, 3.63) is 29.8 Å². The number of fused-ring (bicyclic) bond motifs is 1. The monoisotopic (exact) mass is 273 g/mol. The number of aryl methyl sites for hydroxylation is 1. The predicted molar refractivity (Wildman–Crippen MR) is 84.1 cm³/mol. The van der Waals surface area contributed by atoms with E-state index in [4.69, 9.17) is 0 Å². The molecule has 1 heterocycles. The van der Waals surface area contributed by atoms with Crippen LogP contribution in [0.1, 0.15) is 44.6 Å². The second-order valence-corrected chi connectivity index (χ2v) is 6.78. The summed E-state index contributed by atoms with van der Waals surface area (Å²) in [6, 6.07) is 8.84. The van der Waals surface area contributed by atoms with Gasteiger partial charge in [-0.05, 0) is 56.1 Å². The van der Waals surface area contributed by atoms with Crippen molar-refractivity contribution in [1.29, 1.82) is 0 Å². The highest BCUT2D eigenvalue weighted by Gasteiger charge is 2.29. The molecule has 1 fully saturated rings. The Morgan fingerprint density at radius 3 is 2.95 bits per heavy atom. The molecule has 0 saturated heterocycles. The number of benzene rings is 1. The molecule has 0 spiro atoms. The van der Waals surface area contributed by atoms with Gasteiger partial charge in [0.1, 0.15) is 0 Å². The maximum atomic E-state index is 10.3. The smallest absolute Gasteiger partial charge is 0.0585 e. The van der Waals surface area contributed by atoms with Gasteiger partial charge < -0.3 is 10.0 Å². The third kappa shape index (κ3) is 3.01. The molecule has 3 unspecified atom stereocenters. The van der Waals surface area contributed by atoms with Crippen LogP contribution in [0.5, 0.6) is 0 Å². The Morgan fingerprint density at radius 2 is 2.05 bits per heavy atom. The molecule has 3 rings (SSSR count). The highest BCUT2D eigenvalue weighted by molar-refractivity contribution is 5.54. The van der Waals surface area contributed by atoms with Gasteiger partial charge in [0.2, 0.25) is 0 Å². The van der Waals surface area contributed by atoms with E-state index in [1.165, 1.54) is 43.4 Å². The lowest BCUT2D eigenvalue weighted by Gasteiger charge is -2.36. The van der Waals surface area contributed by atoms with Crippen molar-refractivity contribution in [2.45, 2.75) is 51.6 Å². The van der Waals surface area contributed by atoms with Crippen LogP contribution >= 0.6 is 0 Å². The molecule has 0 amide bonds. The zero-order valence-electron chi connectivity index (χ0n) is 12.6. The van der Waals surface area contributed by atoms with Gasteiger partial charge in [0.15, 0.2) is 0 Å². The highest BCUT2D eigenvalue weighted by atomic mass is 16.3. The number of aliphatic hydroxyl groups is 1. The summed E-state index contributed by atoms with van der Waals surface area (Å²) < 4.78 is 0. The summed E-state index contributed by atoms with van der Waals surface area (Å²) in [7, 11) is 0. The van der Waals surface area contributed by atoms with Crippen molar-refractivity contribution < 1.29 is 5.11 Å². The van der Waals surface area contributed by atoms with E-state index in [1.54, 1.807) is 0 Å². The molecule has 3 atom stereocenters. The van der Waals surface area contributed by atoms with Crippen molar-refractivity contribution >= 4 is 5.69 Å². The van der Waals surface area contributed by atoms with E-state index in [0.717, 1.165) is 25.4 Å². The molecule has 2 heteroatoms. The van der Waals surface area contributed by atoms with Crippen LogP contribution in [0.25, 0.3) is 0 Å². The lowest BCUT2D eigenvalue weighted by Crippen LogP contribution is -2.39. The van der Waals surface area contributed by atoms with E-state index in [1.807, 2.05) is 0 Å². The number of nitrogens with zero attached hydrogens (tertiary/aromatic N) is 1. The summed E-state index contributed by atoms with van der Waals surface area (Å²) >= 11 is 0. The van der Waals surface area contributed by atoms with Crippen LogP contribution < -0.4 is 4.90 Å². The van der Waals surface area contributed by atoms with E-state index < -0.39 is 0 Å². The summed E-state index contributed by atoms with van der Waals surface area (Å²) in [5, 5.41) is 10.3. The molecule has 2 aliphatic rings. The molecule has 1 aromatic rings. The fourth-order valence-electron chi connectivity index (χ4n) is 3.92. The minimum Gasteiger partial charge on any atom is -0.393 e. The lowest BCUT2D eigenvalue weighted by molar-refractivity contribution is 0.0551. The standard InChI is InChI=1S/C18H27NO/c1-14-9-10-18(20)16(12-14)13-19-11-5-4-7-15-6-2-3-8-17(15)19/h2-3,6,8,14,16,18,20H,4-5,7,9-13H2,1H3. The number of hydrogen-bond acceptors (Lipinski definition) is 2. The van der Waals surface area contributed by atoms with Gasteiger partial charge in [0.05, 0.1) is 6.10 Å². The van der Waals surface area contributed by atoms with E-state index in [-0.39, 0.29) is 6.10 Å². The van der Waals surface area contributed by atoms with E-state index in [0.29, 0.717) is 5.92 Å². The van der Waals surface area contributed by atoms with Crippen LogP contribution in [0.3, 0.4) is 0 Å². The molecule has 0 radical (unpaired) electrons. The molecule has 1 aromatic carbocycles. The van der Waals surface area contributed by atoms with Gasteiger partial charge in [0, 0.05) is 24.7 Å². The van der Waals surface area contributed by atoms with Gasteiger partial charge >= 0.3 is 0 Å². The molecular weight excluding hydrogens is 246 g/mol. The molecule has 20 heavy (non-hydrogen) atoms. The average molecular weight is 273 g/mol. The maximum absolute atomic E-state index is 10.3. The summed E-state index contributed by atoms with van der Waals surface area (Å²) in [5.41, 5.74) is 2.90. The molecule has 0 aromatic heterocycles. The van der Waals surface area contributed by atoms with Crippen molar-refractivity contribution in [3.8, 4) is 0 Å². The topological polar surface area (TPSA) is 23.5 Å². The van der Waals surface area contributed by atoms with Gasteiger partial charge in [-0.25, -0.2) is 0 Å². The Hall–Kier alpha value is -1.02. The molecule has 110 valence electrons. The second-order valence-electron chi connectivity index (χ2n) is 6.78. The largest absolute Gasteiger partial charge is 0.393 e. The van der Waals surface area contributed by atoms with Gasteiger partial charge in [-0.15, -0.1) is 0 Å². The number of rotatable bonds is 2. The molecule has 2 nitrogen and oxygen atoms in total. The van der Waals surface area contributed by atoms with Crippen molar-refractivity contribution in [1.82, 2.24) is 0 Å². The molecule has 1 saturated carbocycles. The highest BCUT2D eigenvalue weighted by Crippen LogP contribution is 2.33. The minimum atomic E-state index is -0.0957. The van der Waals surface area contributed by atoms with Crippen LogP contribution in [0.15, 0.2) is 24.3 Å². The summed E-state index contributed by atoms with van der Waals surface area (Å²) in [6.07, 6.45) is 7.03. The molecule has 1 aliphatic carbocycles. The van der Waals surface area contributed by atoms with Crippen LogP contribution in [0.4, 0.5) is 5.69 Å². The Labute approximate surface area is 122 Å². The molecule has 1 aliphatic heterocycles. The Balaban J connectivity index is 1.76. The van der Waals surface area contributed by atoms with E-state index in [9.17, 15) is 5.11 Å². The fourth-order valence-corrected chi connectivity index (χ4v) is 3.92. The third-order valence-electron chi connectivity index (χ3n) is 5.12. The number of para-hydroxylation sites is 1. The normalized spacial score (nSPS) is 30.7. The van der Waals surface area contributed by atoms with Crippen molar-refractivity contribution in [3.63, 3.8) is 0 Å². The quantitative estimate of drug-likeness (QED) is 0.889. The Kier molecular flexibility index (Phi) is 4.30. The zero-order valence-corrected chi connectivity index (χ0v) is 12.6. The molecular formula is C18H27NO.